The summed E-state index contributed by atoms with van der Waals surface area (Å²) in [5.41, 5.74) is -0.0762. The molecule has 0 bridgehead atoms. The number of nitrogens with one attached hydrogen (secondary N) is 1. The van der Waals surface area contributed by atoms with E-state index in [1.54, 1.807) is 24.3 Å². The van der Waals surface area contributed by atoms with E-state index in [-0.39, 0.29) is 12.1 Å². The Bertz CT molecular complexity index is 731. The van der Waals surface area contributed by atoms with Gasteiger partial charge in [-0.15, -0.1) is 0 Å². The summed E-state index contributed by atoms with van der Waals surface area (Å²) in [6, 6.07) is 9.03. The quantitative estimate of drug-likeness (QED) is 0.324. The van der Waals surface area contributed by atoms with Gasteiger partial charge in [-0.1, -0.05) is 15.9 Å². The molecule has 0 spiro atoms. The molecule has 0 saturated carbocycles. The fourth-order valence-corrected chi connectivity index (χ4v) is 2.02. The first-order valence-electron chi connectivity index (χ1n) is 6.11. The highest BCUT2D eigenvalue weighted by atomic mass is 79.9. The van der Waals surface area contributed by atoms with Gasteiger partial charge in [-0.3, -0.25) is 14.9 Å². The van der Waals surface area contributed by atoms with Crippen LogP contribution in [0.1, 0.15) is 10.4 Å². The minimum Gasteiger partial charge on any atom is -0.504 e. The zero-order valence-electron chi connectivity index (χ0n) is 11.1. The Balaban J connectivity index is 2.16. The first kappa shape index (κ1) is 15.8. The number of benzene rings is 2. The van der Waals surface area contributed by atoms with Gasteiger partial charge in [0.05, 0.1) is 11.5 Å². The van der Waals surface area contributed by atoms with Gasteiger partial charge in [-0.25, -0.2) is 0 Å². The Morgan fingerprint density at radius 1 is 1.23 bits per heavy atom. The zero-order valence-corrected chi connectivity index (χ0v) is 12.7. The van der Waals surface area contributed by atoms with Crippen LogP contribution < -0.4 is 5.32 Å². The molecule has 0 aliphatic heterocycles. The summed E-state index contributed by atoms with van der Waals surface area (Å²) in [5, 5.41) is 32.5. The van der Waals surface area contributed by atoms with Crippen LogP contribution in [0.5, 0.6) is 11.5 Å². The Labute approximate surface area is 133 Å². The highest BCUT2D eigenvalue weighted by molar-refractivity contribution is 9.10. The van der Waals surface area contributed by atoms with E-state index in [4.69, 9.17) is 0 Å². The minimum absolute atomic E-state index is 0.0633. The number of hydrogen-bond acceptors (Lipinski definition) is 6. The Kier molecular flexibility index (Phi) is 4.62. The van der Waals surface area contributed by atoms with E-state index in [9.17, 15) is 25.1 Å². The van der Waals surface area contributed by atoms with Crippen molar-refractivity contribution >= 4 is 33.1 Å². The lowest BCUT2D eigenvalue weighted by molar-refractivity contribution is -0.386. The summed E-state index contributed by atoms with van der Waals surface area (Å²) in [6.45, 7) is -0.108. The average molecular weight is 367 g/mol. The molecular formula is C14H11BrN2O5. The first-order valence-corrected chi connectivity index (χ1v) is 6.91. The summed E-state index contributed by atoms with van der Waals surface area (Å²) in [7, 11) is 0. The molecule has 7 nitrogen and oxygen atoms in total. The van der Waals surface area contributed by atoms with Crippen LogP contribution in [0.3, 0.4) is 0 Å². The van der Waals surface area contributed by atoms with Crippen LogP contribution in [0.2, 0.25) is 0 Å². The molecule has 0 aliphatic rings. The molecular weight excluding hydrogens is 356 g/mol. The summed E-state index contributed by atoms with van der Waals surface area (Å²) in [5.74, 6) is -2.02. The molecule has 0 saturated heterocycles. The Hall–Kier alpha value is -2.61. The summed E-state index contributed by atoms with van der Waals surface area (Å²) in [6.07, 6.45) is 0. The number of phenolic OH excluding ortho intramolecular Hbond substituents is 2. The predicted molar refractivity (Wildman–Crippen MR) is 83.4 cm³/mol. The van der Waals surface area contributed by atoms with Crippen LogP contribution in [0.15, 0.2) is 40.9 Å². The lowest BCUT2D eigenvalue weighted by Gasteiger charge is -2.07. The number of aromatic hydroxyl groups is 2. The van der Waals surface area contributed by atoms with Gasteiger partial charge in [0.25, 0.3) is 0 Å². The van der Waals surface area contributed by atoms with Crippen LogP contribution in [-0.2, 0) is 0 Å². The van der Waals surface area contributed by atoms with Gasteiger partial charge in [0.1, 0.15) is 0 Å². The fourth-order valence-electron chi connectivity index (χ4n) is 1.76. The molecule has 0 fully saturated rings. The topological polar surface area (TPSA) is 113 Å². The third-order valence-electron chi connectivity index (χ3n) is 2.89. The second kappa shape index (κ2) is 6.44. The van der Waals surface area contributed by atoms with Crippen molar-refractivity contribution < 1.29 is 19.9 Å². The SMILES string of the molecule is O=C(CNc1ccc(Br)cc1)c1cc(O)c(O)c([N+](=O)[O-])c1. The van der Waals surface area contributed by atoms with Crippen LogP contribution in [0, 0.1) is 10.1 Å². The molecule has 0 heterocycles. The van der Waals surface area contributed by atoms with Gasteiger partial charge < -0.3 is 15.5 Å². The average Bonchev–Trinajstić information content (AvgIpc) is 2.48. The molecule has 0 amide bonds. The number of carbonyl (C=O) groups is 1. The molecule has 2 rings (SSSR count). The van der Waals surface area contributed by atoms with Gasteiger partial charge in [0, 0.05) is 21.8 Å². The van der Waals surface area contributed by atoms with E-state index in [2.05, 4.69) is 21.2 Å². The van der Waals surface area contributed by atoms with Crippen molar-refractivity contribution in [1.82, 2.24) is 0 Å². The number of nitrogens with zero attached hydrogens (tertiary/aromatic N) is 1. The number of nitro groups is 1. The smallest absolute Gasteiger partial charge is 0.315 e. The van der Waals surface area contributed by atoms with Gasteiger partial charge in [-0.05, 0) is 30.3 Å². The minimum atomic E-state index is -0.867. The van der Waals surface area contributed by atoms with E-state index in [1.807, 2.05) is 0 Å². The second-order valence-corrected chi connectivity index (χ2v) is 5.32. The van der Waals surface area contributed by atoms with E-state index in [1.165, 1.54) is 0 Å². The number of phenols is 2. The predicted octanol–water partition coefficient (Wildman–Crippen LogP) is 3.06. The highest BCUT2D eigenvalue weighted by Gasteiger charge is 2.21. The molecule has 0 radical (unpaired) electrons. The maximum atomic E-state index is 12.0. The van der Waals surface area contributed by atoms with Crippen molar-refractivity contribution in [3.8, 4) is 11.5 Å². The lowest BCUT2D eigenvalue weighted by Crippen LogP contribution is -2.14. The molecule has 22 heavy (non-hydrogen) atoms. The molecule has 3 N–H and O–H groups in total. The van der Waals surface area contributed by atoms with Crippen LogP contribution in [-0.4, -0.2) is 27.5 Å². The maximum absolute atomic E-state index is 12.0. The van der Waals surface area contributed by atoms with Crippen molar-refractivity contribution in [1.29, 1.82) is 0 Å². The van der Waals surface area contributed by atoms with Gasteiger partial charge in [0.2, 0.25) is 5.75 Å². The normalized spacial score (nSPS) is 10.2. The number of halogens is 1. The van der Waals surface area contributed by atoms with Crippen LogP contribution in [0.4, 0.5) is 11.4 Å². The number of rotatable bonds is 5. The number of nitro benzene ring substituents is 1. The first-order chi connectivity index (χ1) is 10.4. The van der Waals surface area contributed by atoms with Gasteiger partial charge in [0.15, 0.2) is 11.5 Å². The molecule has 2 aromatic rings. The number of hydrogen-bond donors (Lipinski definition) is 3. The third kappa shape index (κ3) is 3.53. The van der Waals surface area contributed by atoms with E-state index in [0.717, 1.165) is 16.6 Å². The molecule has 8 heteroatoms. The monoisotopic (exact) mass is 366 g/mol. The van der Waals surface area contributed by atoms with Crippen molar-refractivity contribution in [2.75, 3.05) is 11.9 Å². The number of Topliss-reactive ketones (excluding diaryl/α,β-unsaturated/α-hetero) is 1. The van der Waals surface area contributed by atoms with E-state index < -0.39 is 27.9 Å². The molecule has 114 valence electrons. The summed E-state index contributed by atoms with van der Waals surface area (Å²) in [4.78, 5) is 21.9. The third-order valence-corrected chi connectivity index (χ3v) is 3.41. The van der Waals surface area contributed by atoms with Crippen LogP contribution >= 0.6 is 15.9 Å². The molecule has 0 atom stereocenters. The fraction of sp³-hybridized carbons (Fsp3) is 0.0714. The van der Waals surface area contributed by atoms with Crippen molar-refractivity contribution in [2.45, 2.75) is 0 Å². The molecule has 0 aliphatic carbocycles. The maximum Gasteiger partial charge on any atom is 0.315 e. The second-order valence-electron chi connectivity index (χ2n) is 4.40. The van der Waals surface area contributed by atoms with Gasteiger partial charge in [-0.2, -0.15) is 0 Å². The number of carbonyl (C=O) groups excluding carboxylic acids is 1. The number of ketones is 1. The lowest BCUT2D eigenvalue weighted by atomic mass is 10.1. The standard InChI is InChI=1S/C14H11BrN2O5/c15-9-1-3-10(4-2-9)16-7-13(19)8-5-11(17(21)22)14(20)12(18)6-8/h1-6,16,18,20H,7H2. The largest absolute Gasteiger partial charge is 0.504 e. The van der Waals surface area contributed by atoms with E-state index in [0.29, 0.717) is 5.69 Å². The molecule has 0 unspecified atom stereocenters. The number of anilines is 1. The van der Waals surface area contributed by atoms with Crippen molar-refractivity contribution in [3.63, 3.8) is 0 Å². The molecule has 0 aromatic heterocycles. The Morgan fingerprint density at radius 3 is 2.45 bits per heavy atom. The van der Waals surface area contributed by atoms with Crippen molar-refractivity contribution in [2.24, 2.45) is 0 Å². The highest BCUT2D eigenvalue weighted by Crippen LogP contribution is 2.36. The zero-order chi connectivity index (χ0) is 16.3. The Morgan fingerprint density at radius 2 is 1.86 bits per heavy atom. The summed E-state index contributed by atoms with van der Waals surface area (Å²) < 4.78 is 0.892. The molecule has 2 aromatic carbocycles. The van der Waals surface area contributed by atoms with E-state index >= 15 is 0 Å². The van der Waals surface area contributed by atoms with Crippen molar-refractivity contribution in [3.05, 3.63) is 56.5 Å². The van der Waals surface area contributed by atoms with Crippen LogP contribution in [0.25, 0.3) is 0 Å². The van der Waals surface area contributed by atoms with Gasteiger partial charge >= 0.3 is 5.69 Å². The summed E-state index contributed by atoms with van der Waals surface area (Å²) >= 11 is 3.29.